The molecule has 0 fully saturated rings. The molecule has 2 aliphatic heterocycles. The van der Waals surface area contributed by atoms with Crippen molar-refractivity contribution < 1.29 is 9.59 Å². The van der Waals surface area contributed by atoms with Gasteiger partial charge in [0.05, 0.1) is 0 Å². The van der Waals surface area contributed by atoms with Crippen LogP contribution < -0.4 is 0 Å². The number of carbonyl (C=O) groups is 2. The quantitative estimate of drug-likeness (QED) is 0.517. The summed E-state index contributed by atoms with van der Waals surface area (Å²) in [5.41, 5.74) is 0.152. The van der Waals surface area contributed by atoms with Gasteiger partial charge in [-0.2, -0.15) is 4.99 Å². The molecule has 2 heterocycles. The largest absolute Gasteiger partial charge is 0.352 e. The smallest absolute Gasteiger partial charge is 0.267 e. The van der Waals surface area contributed by atoms with Gasteiger partial charge in [-0.1, -0.05) is 0 Å². The van der Waals surface area contributed by atoms with Crippen LogP contribution in [0.5, 0.6) is 0 Å². The number of hydrogen-bond acceptors (Lipinski definition) is 4. The summed E-state index contributed by atoms with van der Waals surface area (Å²) in [6.45, 7) is 1.64. The summed E-state index contributed by atoms with van der Waals surface area (Å²) in [5, 5.41) is 0. The number of imide groups is 1. The van der Waals surface area contributed by atoms with E-state index in [1.807, 2.05) is 0 Å². The summed E-state index contributed by atoms with van der Waals surface area (Å²) in [7, 11) is 1.36. The average molecular weight is 178 g/mol. The molecule has 0 atom stereocenters. The molecule has 66 valence electrons. The van der Waals surface area contributed by atoms with Crippen LogP contribution in [0.3, 0.4) is 0 Å². The summed E-state index contributed by atoms with van der Waals surface area (Å²) in [4.78, 5) is 34.6. The second kappa shape index (κ2) is 2.32. The second-order valence-electron chi connectivity index (χ2n) is 2.70. The molecule has 3 amide bonds. The third-order valence-corrected chi connectivity index (χ3v) is 1.75. The van der Waals surface area contributed by atoms with Crippen LogP contribution in [0, 0.1) is 0 Å². The molecule has 0 aliphatic carbocycles. The van der Waals surface area contributed by atoms with Crippen LogP contribution in [-0.4, -0.2) is 41.3 Å². The highest BCUT2D eigenvalue weighted by Gasteiger charge is 2.34. The topological polar surface area (TPSA) is 74.5 Å². The molecule has 0 spiro atoms. The van der Waals surface area contributed by atoms with Crippen LogP contribution in [0.4, 0.5) is 4.79 Å². The zero-order valence-corrected chi connectivity index (χ0v) is 7.11. The fraction of sp³-hybridized carbons (Fsp3) is 0.286. The molecular weight excluding hydrogens is 172 g/mol. The zero-order chi connectivity index (χ0) is 9.59. The monoisotopic (exact) mass is 178 g/mol. The number of amidine groups is 2. The molecule has 2 aliphatic rings. The van der Waals surface area contributed by atoms with Gasteiger partial charge in [-0.05, 0) is 6.92 Å². The Morgan fingerprint density at radius 3 is 2.54 bits per heavy atom. The van der Waals surface area contributed by atoms with Crippen molar-refractivity contribution in [3.05, 3.63) is 0 Å². The van der Waals surface area contributed by atoms with Crippen molar-refractivity contribution in [2.75, 3.05) is 7.05 Å². The number of hydrogen-bond donors (Lipinski definition) is 0. The molecule has 0 unspecified atom stereocenters. The maximum atomic E-state index is 11.4. The van der Waals surface area contributed by atoms with E-state index >= 15 is 0 Å². The van der Waals surface area contributed by atoms with Gasteiger partial charge in [-0.3, -0.25) is 9.69 Å². The first-order valence-corrected chi connectivity index (χ1v) is 3.64. The number of nitrogens with zero attached hydrogens (tertiary/aromatic N) is 4. The number of urea groups is 1. The Hall–Kier alpha value is -1.85. The fourth-order valence-corrected chi connectivity index (χ4v) is 1.08. The van der Waals surface area contributed by atoms with Crippen molar-refractivity contribution in [3.63, 3.8) is 0 Å². The highest BCUT2D eigenvalue weighted by molar-refractivity contribution is 6.72. The highest BCUT2D eigenvalue weighted by Crippen LogP contribution is 2.09. The van der Waals surface area contributed by atoms with Gasteiger partial charge in [0.25, 0.3) is 5.91 Å². The Kier molecular flexibility index (Phi) is 1.39. The summed E-state index contributed by atoms with van der Waals surface area (Å²) in [6, 6.07) is -0.600. The van der Waals surface area contributed by atoms with Crippen molar-refractivity contribution in [2.45, 2.75) is 6.92 Å². The Morgan fingerprint density at radius 1 is 1.15 bits per heavy atom. The number of fused-ring (bicyclic) bond motifs is 1. The van der Waals surface area contributed by atoms with Crippen LogP contribution in [0.25, 0.3) is 0 Å². The van der Waals surface area contributed by atoms with E-state index in [1.165, 1.54) is 7.05 Å². The van der Waals surface area contributed by atoms with Gasteiger partial charge >= 0.3 is 6.03 Å². The summed E-state index contributed by atoms with van der Waals surface area (Å²) in [5.74, 6) is 0.131. The second-order valence-corrected chi connectivity index (χ2v) is 2.70. The van der Waals surface area contributed by atoms with Gasteiger partial charge in [0, 0.05) is 7.05 Å². The van der Waals surface area contributed by atoms with E-state index in [0.29, 0.717) is 5.84 Å². The minimum Gasteiger partial charge on any atom is -0.267 e. The molecule has 0 saturated heterocycles. The summed E-state index contributed by atoms with van der Waals surface area (Å²) >= 11 is 0. The van der Waals surface area contributed by atoms with E-state index < -0.39 is 11.9 Å². The summed E-state index contributed by atoms with van der Waals surface area (Å²) in [6.07, 6.45) is 0. The van der Waals surface area contributed by atoms with Crippen molar-refractivity contribution in [1.82, 2.24) is 4.90 Å². The molecule has 0 bridgehead atoms. The van der Waals surface area contributed by atoms with Gasteiger partial charge < -0.3 is 0 Å². The molecule has 0 aromatic heterocycles. The maximum Gasteiger partial charge on any atom is 0.352 e. The van der Waals surface area contributed by atoms with Crippen LogP contribution >= 0.6 is 0 Å². The Labute approximate surface area is 73.7 Å². The van der Waals surface area contributed by atoms with Crippen molar-refractivity contribution >= 4 is 29.3 Å². The normalized spacial score (nSPS) is 21.1. The van der Waals surface area contributed by atoms with Crippen LogP contribution in [0.2, 0.25) is 0 Å². The molecule has 0 aromatic rings. The summed E-state index contributed by atoms with van der Waals surface area (Å²) < 4.78 is 0. The number of aliphatic imine (C=N–C) groups is 3. The SMILES string of the molecule is CC1=NC2=NC(=O)N(C)C(=O)C2=N1. The number of amides is 3. The van der Waals surface area contributed by atoms with Gasteiger partial charge in [-0.15, -0.1) is 0 Å². The molecule has 13 heavy (non-hydrogen) atoms. The Balaban J connectivity index is 2.55. The van der Waals surface area contributed by atoms with E-state index in [0.717, 1.165) is 4.90 Å². The maximum absolute atomic E-state index is 11.4. The number of carbonyl (C=O) groups excluding carboxylic acids is 2. The van der Waals surface area contributed by atoms with Gasteiger partial charge in [0.2, 0.25) is 0 Å². The first-order valence-electron chi connectivity index (χ1n) is 3.64. The lowest BCUT2D eigenvalue weighted by Gasteiger charge is -2.15. The van der Waals surface area contributed by atoms with E-state index in [1.54, 1.807) is 6.92 Å². The minimum atomic E-state index is -0.600. The first-order chi connectivity index (χ1) is 6.09. The third-order valence-electron chi connectivity index (χ3n) is 1.75. The van der Waals surface area contributed by atoms with E-state index in [-0.39, 0.29) is 11.5 Å². The molecule has 0 N–H and O–H groups in total. The predicted octanol–water partition coefficient (Wildman–Crippen LogP) is -0.150. The lowest BCUT2D eigenvalue weighted by atomic mass is 10.3. The molecule has 6 heteroatoms. The fourth-order valence-electron chi connectivity index (χ4n) is 1.08. The standard InChI is InChI=1S/C7H6N4O2/c1-3-8-4-5(9-3)10-7(13)11(2)6(4)12/h1-2H3. The van der Waals surface area contributed by atoms with Gasteiger partial charge in [0.15, 0.2) is 11.5 Å². The third kappa shape index (κ3) is 0.986. The average Bonchev–Trinajstić information content (AvgIpc) is 2.42. The Bertz CT molecular complexity index is 405. The van der Waals surface area contributed by atoms with E-state index in [9.17, 15) is 9.59 Å². The van der Waals surface area contributed by atoms with Gasteiger partial charge in [-0.25, -0.2) is 14.8 Å². The van der Waals surface area contributed by atoms with Crippen molar-refractivity contribution in [2.24, 2.45) is 15.0 Å². The number of rotatable bonds is 0. The molecule has 0 saturated carbocycles. The van der Waals surface area contributed by atoms with Crippen LogP contribution in [-0.2, 0) is 4.79 Å². The highest BCUT2D eigenvalue weighted by atomic mass is 16.2. The van der Waals surface area contributed by atoms with E-state index in [4.69, 9.17) is 0 Å². The van der Waals surface area contributed by atoms with Crippen molar-refractivity contribution in [3.8, 4) is 0 Å². The van der Waals surface area contributed by atoms with Gasteiger partial charge in [0.1, 0.15) is 5.84 Å². The van der Waals surface area contributed by atoms with E-state index in [2.05, 4.69) is 15.0 Å². The minimum absolute atomic E-state index is 0.130. The Morgan fingerprint density at radius 2 is 1.85 bits per heavy atom. The lowest BCUT2D eigenvalue weighted by Crippen LogP contribution is -2.43. The molecule has 2 rings (SSSR count). The molecule has 0 aromatic carbocycles. The van der Waals surface area contributed by atoms with Crippen molar-refractivity contribution in [1.29, 1.82) is 0 Å². The first kappa shape index (κ1) is 7.78. The molecular formula is C7H6N4O2. The molecule has 6 nitrogen and oxygen atoms in total. The zero-order valence-electron chi connectivity index (χ0n) is 7.11. The predicted molar refractivity (Wildman–Crippen MR) is 46.1 cm³/mol. The van der Waals surface area contributed by atoms with Crippen LogP contribution in [0.1, 0.15) is 6.92 Å². The van der Waals surface area contributed by atoms with Crippen LogP contribution in [0.15, 0.2) is 15.0 Å². The lowest BCUT2D eigenvalue weighted by molar-refractivity contribution is -0.120. The molecule has 0 radical (unpaired) electrons.